The maximum atomic E-state index is 4.98. The Morgan fingerprint density at radius 1 is 1.27 bits per heavy atom. The third-order valence-corrected chi connectivity index (χ3v) is 6.27. The number of nitrogens with one attached hydrogen (secondary N) is 1. The largest absolute Gasteiger partial charge is 0.368 e. The Balaban J connectivity index is 1.56. The molecule has 0 aromatic carbocycles. The van der Waals surface area contributed by atoms with E-state index in [0.717, 1.165) is 59.8 Å². The molecule has 1 aliphatic rings. The van der Waals surface area contributed by atoms with Gasteiger partial charge in [-0.05, 0) is 47.1 Å². The van der Waals surface area contributed by atoms with Crippen LogP contribution in [0.15, 0.2) is 24.7 Å². The lowest BCUT2D eigenvalue weighted by Crippen LogP contribution is -2.34. The highest BCUT2D eigenvalue weighted by Crippen LogP contribution is 2.31. The van der Waals surface area contributed by atoms with Gasteiger partial charge in [0.15, 0.2) is 5.82 Å². The highest BCUT2D eigenvalue weighted by atomic mass is 32.1. The van der Waals surface area contributed by atoms with Gasteiger partial charge in [0.25, 0.3) is 0 Å². The standard InChI is InChI=1S/C22H31N7S/c1-5-29-13-17(10-24-29)12-28-8-6-7-18(14-28)19-9-21(25-15(2)3)27-22(26-19)20-11-23-16(4)30-20/h9-11,13,15,18H,5-8,12,14H2,1-4H3,(H,25,26,27)/t18-/m1/s1. The molecule has 4 rings (SSSR count). The molecule has 0 amide bonds. The molecule has 0 aliphatic carbocycles. The molecular weight excluding hydrogens is 394 g/mol. The van der Waals surface area contributed by atoms with Gasteiger partial charge >= 0.3 is 0 Å². The first-order valence-corrected chi connectivity index (χ1v) is 11.6. The zero-order chi connectivity index (χ0) is 21.1. The van der Waals surface area contributed by atoms with E-state index in [-0.39, 0.29) is 0 Å². The second-order valence-corrected chi connectivity index (χ2v) is 9.56. The minimum atomic E-state index is 0.321. The molecule has 0 radical (unpaired) electrons. The van der Waals surface area contributed by atoms with Crippen LogP contribution in [0.25, 0.3) is 10.7 Å². The van der Waals surface area contributed by atoms with Gasteiger partial charge in [-0.15, -0.1) is 11.3 Å². The van der Waals surface area contributed by atoms with Gasteiger partial charge in [0.05, 0.1) is 21.8 Å². The van der Waals surface area contributed by atoms with Crippen molar-refractivity contribution in [1.29, 1.82) is 0 Å². The molecule has 8 heteroatoms. The van der Waals surface area contributed by atoms with Crippen molar-refractivity contribution in [3.05, 3.63) is 40.9 Å². The maximum Gasteiger partial charge on any atom is 0.173 e. The minimum Gasteiger partial charge on any atom is -0.368 e. The second kappa shape index (κ2) is 9.22. The molecule has 3 aromatic rings. The molecule has 0 unspecified atom stereocenters. The van der Waals surface area contributed by atoms with Crippen LogP contribution in [0.2, 0.25) is 0 Å². The van der Waals surface area contributed by atoms with Gasteiger partial charge in [-0.3, -0.25) is 9.58 Å². The highest BCUT2D eigenvalue weighted by Gasteiger charge is 2.24. The van der Waals surface area contributed by atoms with Crippen LogP contribution in [0.1, 0.15) is 55.8 Å². The summed E-state index contributed by atoms with van der Waals surface area (Å²) < 4.78 is 1.99. The summed E-state index contributed by atoms with van der Waals surface area (Å²) in [6, 6.07) is 2.46. The number of hydrogen-bond acceptors (Lipinski definition) is 7. The molecule has 0 spiro atoms. The molecule has 160 valence electrons. The van der Waals surface area contributed by atoms with Gasteiger partial charge in [0, 0.05) is 55.6 Å². The molecule has 1 atom stereocenters. The van der Waals surface area contributed by atoms with Crippen molar-refractivity contribution < 1.29 is 0 Å². The third-order valence-electron chi connectivity index (χ3n) is 5.36. The number of likely N-dealkylation sites (tertiary alicyclic amines) is 1. The molecule has 7 nitrogen and oxygen atoms in total. The van der Waals surface area contributed by atoms with Gasteiger partial charge < -0.3 is 5.32 Å². The van der Waals surface area contributed by atoms with Gasteiger partial charge in [0.1, 0.15) is 5.82 Å². The van der Waals surface area contributed by atoms with E-state index in [1.807, 2.05) is 24.0 Å². The first-order chi connectivity index (χ1) is 14.5. The Labute approximate surface area is 182 Å². The predicted octanol–water partition coefficient (Wildman–Crippen LogP) is 4.32. The summed E-state index contributed by atoms with van der Waals surface area (Å²) in [6.45, 7) is 12.4. The lowest BCUT2D eigenvalue weighted by molar-refractivity contribution is 0.198. The summed E-state index contributed by atoms with van der Waals surface area (Å²) in [5.41, 5.74) is 2.41. The molecule has 30 heavy (non-hydrogen) atoms. The second-order valence-electron chi connectivity index (χ2n) is 8.32. The smallest absolute Gasteiger partial charge is 0.173 e. The zero-order valence-electron chi connectivity index (χ0n) is 18.3. The Morgan fingerprint density at radius 3 is 2.83 bits per heavy atom. The van der Waals surface area contributed by atoms with Crippen molar-refractivity contribution in [3.63, 3.8) is 0 Å². The van der Waals surface area contributed by atoms with E-state index in [1.54, 1.807) is 11.3 Å². The van der Waals surface area contributed by atoms with Crippen molar-refractivity contribution >= 4 is 17.2 Å². The lowest BCUT2D eigenvalue weighted by Gasteiger charge is -2.32. The fourth-order valence-corrected chi connectivity index (χ4v) is 4.69. The Morgan fingerprint density at radius 2 is 2.13 bits per heavy atom. The van der Waals surface area contributed by atoms with E-state index < -0.39 is 0 Å². The molecule has 1 N–H and O–H groups in total. The summed E-state index contributed by atoms with van der Waals surface area (Å²) >= 11 is 1.65. The quantitative estimate of drug-likeness (QED) is 0.608. The van der Waals surface area contributed by atoms with Crippen molar-refractivity contribution in [2.24, 2.45) is 0 Å². The van der Waals surface area contributed by atoms with Crippen LogP contribution in [0.3, 0.4) is 0 Å². The zero-order valence-corrected chi connectivity index (χ0v) is 19.1. The van der Waals surface area contributed by atoms with Gasteiger partial charge in [-0.25, -0.2) is 15.0 Å². The van der Waals surface area contributed by atoms with Crippen LogP contribution in [0.5, 0.6) is 0 Å². The number of aryl methyl sites for hydroxylation is 2. The molecule has 0 bridgehead atoms. The monoisotopic (exact) mass is 425 g/mol. The number of aromatic nitrogens is 5. The Bertz CT molecular complexity index is 978. The number of piperidine rings is 1. The van der Waals surface area contributed by atoms with Gasteiger partial charge in [0.2, 0.25) is 0 Å². The van der Waals surface area contributed by atoms with E-state index in [1.165, 1.54) is 12.0 Å². The van der Waals surface area contributed by atoms with E-state index in [0.29, 0.717) is 12.0 Å². The van der Waals surface area contributed by atoms with Crippen LogP contribution in [-0.2, 0) is 13.1 Å². The highest BCUT2D eigenvalue weighted by molar-refractivity contribution is 7.14. The average molecular weight is 426 g/mol. The summed E-state index contributed by atoms with van der Waals surface area (Å²) in [5, 5.41) is 8.93. The fourth-order valence-electron chi connectivity index (χ4n) is 3.98. The molecule has 1 fully saturated rings. The number of anilines is 1. The summed E-state index contributed by atoms with van der Waals surface area (Å²) in [7, 11) is 0. The molecular formula is C22H31N7S. The van der Waals surface area contributed by atoms with Crippen LogP contribution < -0.4 is 5.32 Å². The normalized spacial score (nSPS) is 17.6. The molecule has 0 saturated carbocycles. The summed E-state index contributed by atoms with van der Waals surface area (Å²) in [4.78, 5) is 17.7. The van der Waals surface area contributed by atoms with Crippen LogP contribution >= 0.6 is 11.3 Å². The van der Waals surface area contributed by atoms with Crippen molar-refractivity contribution in [1.82, 2.24) is 29.6 Å². The summed E-state index contributed by atoms with van der Waals surface area (Å²) in [6.07, 6.45) is 8.37. The fraction of sp³-hybridized carbons (Fsp3) is 0.545. The lowest BCUT2D eigenvalue weighted by atomic mass is 9.94. The van der Waals surface area contributed by atoms with E-state index in [9.17, 15) is 0 Å². The Kier molecular flexibility index (Phi) is 6.43. The van der Waals surface area contributed by atoms with Gasteiger partial charge in [-0.2, -0.15) is 5.10 Å². The van der Waals surface area contributed by atoms with Crippen molar-refractivity contribution in [3.8, 4) is 10.7 Å². The molecule has 4 heterocycles. The van der Waals surface area contributed by atoms with Crippen LogP contribution in [0, 0.1) is 6.92 Å². The van der Waals surface area contributed by atoms with E-state index in [2.05, 4.69) is 53.3 Å². The first-order valence-electron chi connectivity index (χ1n) is 10.8. The number of rotatable bonds is 7. The van der Waals surface area contributed by atoms with Crippen LogP contribution in [0.4, 0.5) is 5.82 Å². The number of hydrogen-bond donors (Lipinski definition) is 1. The SMILES string of the molecule is CCn1cc(CN2CCC[C@@H](c3cc(NC(C)C)nc(-c4cnc(C)s4)n3)C2)cn1. The summed E-state index contributed by atoms with van der Waals surface area (Å²) in [5.74, 6) is 2.09. The Hall–Kier alpha value is -2.32. The van der Waals surface area contributed by atoms with E-state index in [4.69, 9.17) is 9.97 Å². The first kappa shape index (κ1) is 20.9. The minimum absolute atomic E-state index is 0.321. The topological polar surface area (TPSA) is 71.8 Å². The predicted molar refractivity (Wildman–Crippen MR) is 122 cm³/mol. The number of nitrogens with zero attached hydrogens (tertiary/aromatic N) is 6. The molecule has 1 aliphatic heterocycles. The molecule has 1 saturated heterocycles. The maximum absolute atomic E-state index is 4.98. The van der Waals surface area contributed by atoms with Crippen molar-refractivity contribution in [2.45, 2.75) is 65.6 Å². The van der Waals surface area contributed by atoms with Gasteiger partial charge in [-0.1, -0.05) is 0 Å². The van der Waals surface area contributed by atoms with E-state index >= 15 is 0 Å². The molecule has 3 aromatic heterocycles. The third kappa shape index (κ3) is 5.05. The number of thiazole rings is 1. The van der Waals surface area contributed by atoms with Crippen molar-refractivity contribution in [2.75, 3.05) is 18.4 Å². The average Bonchev–Trinajstić information content (AvgIpc) is 3.36. The van der Waals surface area contributed by atoms with Crippen LogP contribution in [-0.4, -0.2) is 48.8 Å².